The van der Waals surface area contributed by atoms with Gasteiger partial charge in [0.05, 0.1) is 11.5 Å². The van der Waals surface area contributed by atoms with Gasteiger partial charge in [0.2, 0.25) is 11.8 Å². The van der Waals surface area contributed by atoms with Crippen LogP contribution in [0.1, 0.15) is 52.6 Å². The summed E-state index contributed by atoms with van der Waals surface area (Å²) < 4.78 is 6.09. The highest BCUT2D eigenvalue weighted by Gasteiger charge is 2.56. The zero-order chi connectivity index (χ0) is 32.3. The van der Waals surface area contributed by atoms with E-state index < -0.39 is 41.0 Å². The summed E-state index contributed by atoms with van der Waals surface area (Å²) in [6.07, 6.45) is -0.344. The highest BCUT2D eigenvalue weighted by Crippen LogP contribution is 2.47. The first-order valence-corrected chi connectivity index (χ1v) is 15.2. The van der Waals surface area contributed by atoms with Crippen molar-refractivity contribution in [2.45, 2.75) is 59.2 Å². The minimum atomic E-state index is -1.72. The highest BCUT2D eigenvalue weighted by atomic mass is 16.5. The Bertz CT molecular complexity index is 1730. The fraction of sp³-hybridized carbons (Fsp3) is 0.289. The number of nitrogens with one attached hydrogen (secondary N) is 2. The molecule has 4 atom stereocenters. The van der Waals surface area contributed by atoms with E-state index in [4.69, 9.17) is 4.74 Å². The predicted molar refractivity (Wildman–Crippen MR) is 176 cm³/mol. The fourth-order valence-corrected chi connectivity index (χ4v) is 6.24. The Hall–Kier alpha value is -4.75. The van der Waals surface area contributed by atoms with Crippen molar-refractivity contribution < 1.29 is 24.2 Å². The number of rotatable bonds is 8. The maximum absolute atomic E-state index is 14.2. The zero-order valence-electron chi connectivity index (χ0n) is 26.4. The predicted octanol–water partition coefficient (Wildman–Crippen LogP) is 6.82. The Labute approximate surface area is 264 Å². The number of carbonyl (C=O) groups excluding carboxylic acids is 3. The molecule has 1 aliphatic carbocycles. The van der Waals surface area contributed by atoms with Crippen LogP contribution in [0.5, 0.6) is 5.75 Å². The molecule has 4 aromatic carbocycles. The molecule has 0 saturated heterocycles. The molecule has 2 amide bonds. The van der Waals surface area contributed by atoms with Crippen LogP contribution in [0.3, 0.4) is 0 Å². The smallest absolute Gasteiger partial charge is 0.235 e. The van der Waals surface area contributed by atoms with Gasteiger partial charge in [0.15, 0.2) is 0 Å². The van der Waals surface area contributed by atoms with Crippen LogP contribution in [0.4, 0.5) is 11.4 Å². The van der Waals surface area contributed by atoms with Gasteiger partial charge in [-0.15, -0.1) is 0 Å². The van der Waals surface area contributed by atoms with Gasteiger partial charge >= 0.3 is 0 Å². The van der Waals surface area contributed by atoms with E-state index in [1.807, 2.05) is 82.3 Å². The third kappa shape index (κ3) is 6.84. The van der Waals surface area contributed by atoms with Gasteiger partial charge in [0.25, 0.3) is 0 Å². The summed E-state index contributed by atoms with van der Waals surface area (Å²) >= 11 is 0. The number of Topliss-reactive ketones (excluding diaryl/α,β-unsaturated/α-hetero) is 1. The van der Waals surface area contributed by atoms with E-state index in [2.05, 4.69) is 10.6 Å². The highest BCUT2D eigenvalue weighted by molar-refractivity contribution is 6.10. The molecule has 5 rings (SSSR count). The molecule has 0 radical (unpaired) electrons. The Kier molecular flexibility index (Phi) is 9.21. The zero-order valence-corrected chi connectivity index (χ0v) is 26.4. The molecule has 0 aromatic heterocycles. The number of aryl methyl sites for hydroxylation is 2. The van der Waals surface area contributed by atoms with Crippen LogP contribution >= 0.6 is 0 Å². The van der Waals surface area contributed by atoms with Gasteiger partial charge in [-0.25, -0.2) is 0 Å². The van der Waals surface area contributed by atoms with Crippen molar-refractivity contribution in [1.82, 2.24) is 0 Å². The van der Waals surface area contributed by atoms with E-state index in [1.165, 1.54) is 6.92 Å². The summed E-state index contributed by atoms with van der Waals surface area (Å²) in [5.74, 6) is -4.23. The molecule has 7 nitrogen and oxygen atoms in total. The van der Waals surface area contributed by atoms with Crippen molar-refractivity contribution in [2.24, 2.45) is 11.8 Å². The Morgan fingerprint density at radius 2 is 1.38 bits per heavy atom. The molecule has 1 saturated carbocycles. The molecule has 45 heavy (non-hydrogen) atoms. The van der Waals surface area contributed by atoms with Gasteiger partial charge in [0, 0.05) is 23.7 Å². The normalized spacial score (nSPS) is 21.2. The molecule has 3 N–H and O–H groups in total. The van der Waals surface area contributed by atoms with Crippen LogP contribution in [-0.2, 0) is 21.0 Å². The molecular formula is C38H40N2O5. The molecule has 0 spiro atoms. The molecule has 1 aliphatic rings. The largest absolute Gasteiger partial charge is 0.489 e. The average Bonchev–Trinajstić information content (AvgIpc) is 3.00. The number of amides is 2. The third-order valence-electron chi connectivity index (χ3n) is 9.05. The second-order valence-electron chi connectivity index (χ2n) is 12.3. The number of benzene rings is 4. The van der Waals surface area contributed by atoms with Gasteiger partial charge in [-0.2, -0.15) is 0 Å². The number of carbonyl (C=O) groups is 3. The first-order valence-electron chi connectivity index (χ1n) is 15.2. The van der Waals surface area contributed by atoms with E-state index >= 15 is 0 Å². The summed E-state index contributed by atoms with van der Waals surface area (Å²) in [7, 11) is 0. The van der Waals surface area contributed by atoms with Crippen LogP contribution in [0.15, 0.2) is 91.0 Å². The molecule has 1 fully saturated rings. The summed E-state index contributed by atoms with van der Waals surface area (Å²) in [5, 5.41) is 17.7. The summed E-state index contributed by atoms with van der Waals surface area (Å²) in [6.45, 7) is 9.55. The van der Waals surface area contributed by atoms with E-state index in [0.29, 0.717) is 29.3 Å². The van der Waals surface area contributed by atoms with Crippen molar-refractivity contribution in [1.29, 1.82) is 0 Å². The lowest BCUT2D eigenvalue weighted by molar-refractivity contribution is -0.150. The molecule has 7 heteroatoms. The van der Waals surface area contributed by atoms with E-state index in [-0.39, 0.29) is 6.42 Å². The van der Waals surface area contributed by atoms with Gasteiger partial charge in [0.1, 0.15) is 24.1 Å². The molecule has 232 valence electrons. The third-order valence-corrected chi connectivity index (χ3v) is 9.05. The number of ether oxygens (including phenoxy) is 1. The molecule has 0 bridgehead atoms. The first kappa shape index (κ1) is 31.7. The lowest BCUT2D eigenvalue weighted by atomic mass is 9.61. The van der Waals surface area contributed by atoms with Gasteiger partial charge in [-0.05, 0) is 92.3 Å². The molecule has 0 heterocycles. The first-order chi connectivity index (χ1) is 21.5. The quantitative estimate of drug-likeness (QED) is 0.192. The second-order valence-corrected chi connectivity index (χ2v) is 12.3. The number of hydrogen-bond acceptors (Lipinski definition) is 5. The van der Waals surface area contributed by atoms with E-state index in [9.17, 15) is 19.5 Å². The van der Waals surface area contributed by atoms with Crippen LogP contribution in [0, 0.1) is 39.5 Å². The van der Waals surface area contributed by atoms with Crippen molar-refractivity contribution in [3.05, 3.63) is 124 Å². The monoisotopic (exact) mass is 604 g/mol. The van der Waals surface area contributed by atoms with Crippen LogP contribution in [0.25, 0.3) is 0 Å². The minimum Gasteiger partial charge on any atom is -0.489 e. The maximum atomic E-state index is 14.2. The summed E-state index contributed by atoms with van der Waals surface area (Å²) in [4.78, 5) is 42.1. The van der Waals surface area contributed by atoms with Crippen LogP contribution < -0.4 is 15.4 Å². The average molecular weight is 605 g/mol. The molecule has 4 unspecified atom stereocenters. The number of anilines is 2. The summed E-state index contributed by atoms with van der Waals surface area (Å²) in [6, 6.07) is 28.0. The SMILES string of the molecule is Cc1cccc(NC(=O)C2C(=O)CC(C)(O)C(C(=O)Nc3cccc(C)c3C)C2c2cccc(OCc3ccccc3)c2)c1C. The van der Waals surface area contributed by atoms with E-state index in [1.54, 1.807) is 36.4 Å². The molecule has 0 aliphatic heterocycles. The van der Waals surface area contributed by atoms with Gasteiger partial charge < -0.3 is 20.5 Å². The summed E-state index contributed by atoms with van der Waals surface area (Å²) in [5.41, 5.74) is 4.81. The maximum Gasteiger partial charge on any atom is 0.235 e. The van der Waals surface area contributed by atoms with Crippen molar-refractivity contribution in [2.75, 3.05) is 10.6 Å². The number of ketones is 1. The van der Waals surface area contributed by atoms with E-state index in [0.717, 1.165) is 27.8 Å². The fourth-order valence-electron chi connectivity index (χ4n) is 6.24. The lowest BCUT2D eigenvalue weighted by Crippen LogP contribution is -2.56. The van der Waals surface area contributed by atoms with Gasteiger partial charge in [-0.3, -0.25) is 14.4 Å². The van der Waals surface area contributed by atoms with Gasteiger partial charge in [-0.1, -0.05) is 66.7 Å². The van der Waals surface area contributed by atoms with Crippen molar-refractivity contribution >= 4 is 29.0 Å². The standard InChI is InChI=1S/C38H40N2O5/c1-23-12-9-18-30(25(23)3)39-36(42)34-32(41)21-38(5,44)35(37(43)40-31-19-10-13-24(2)26(31)4)33(34)28-16-11-17-29(20-28)45-22-27-14-7-6-8-15-27/h6-20,33-35,44H,21-22H2,1-5H3,(H,39,42)(H,40,43). The van der Waals surface area contributed by atoms with Crippen LogP contribution in [-0.4, -0.2) is 28.3 Å². The Morgan fingerprint density at radius 3 is 2.00 bits per heavy atom. The molecule has 4 aromatic rings. The van der Waals surface area contributed by atoms with Crippen molar-refractivity contribution in [3.8, 4) is 5.75 Å². The minimum absolute atomic E-state index is 0.318. The number of aliphatic hydroxyl groups is 1. The lowest BCUT2D eigenvalue weighted by Gasteiger charge is -2.44. The molecular weight excluding hydrogens is 564 g/mol. The topological polar surface area (TPSA) is 105 Å². The van der Waals surface area contributed by atoms with Crippen molar-refractivity contribution in [3.63, 3.8) is 0 Å². The van der Waals surface area contributed by atoms with Crippen LogP contribution in [0.2, 0.25) is 0 Å². The Morgan fingerprint density at radius 1 is 0.800 bits per heavy atom. The number of hydrogen-bond donors (Lipinski definition) is 3. The Balaban J connectivity index is 1.56. The second kappa shape index (κ2) is 13.1.